The quantitative estimate of drug-likeness (QED) is 0.475. The highest BCUT2D eigenvalue weighted by molar-refractivity contribution is 5.93. The monoisotopic (exact) mass is 403 g/mol. The molecule has 4 rings (SSSR count). The van der Waals surface area contributed by atoms with Gasteiger partial charge in [-0.05, 0) is 18.2 Å². The Morgan fingerprint density at radius 3 is 2.47 bits per heavy atom. The van der Waals surface area contributed by atoms with Crippen LogP contribution in [0, 0.1) is 0 Å². The Labute approximate surface area is 173 Å². The number of benzene rings is 1. The van der Waals surface area contributed by atoms with Gasteiger partial charge < -0.3 is 14.5 Å². The van der Waals surface area contributed by atoms with Gasteiger partial charge in [-0.1, -0.05) is 24.3 Å². The number of carbonyl (C=O) groups is 2. The number of nitrogens with zero attached hydrogens (tertiary/aromatic N) is 5. The predicted molar refractivity (Wildman–Crippen MR) is 113 cm³/mol. The SMILES string of the molecule is O=C(/C=C/c1cccc2cccnc12)OCC(=O)N1CCN(c2ncccn2)CC1. The molecule has 1 saturated heterocycles. The van der Waals surface area contributed by atoms with Gasteiger partial charge >= 0.3 is 5.97 Å². The van der Waals surface area contributed by atoms with E-state index >= 15 is 0 Å². The first kappa shape index (κ1) is 19.5. The fourth-order valence-electron chi connectivity index (χ4n) is 3.30. The van der Waals surface area contributed by atoms with Crippen LogP contribution in [0.3, 0.4) is 0 Å². The van der Waals surface area contributed by atoms with Gasteiger partial charge in [0.15, 0.2) is 6.61 Å². The highest BCUT2D eigenvalue weighted by Crippen LogP contribution is 2.17. The van der Waals surface area contributed by atoms with E-state index in [1.807, 2.05) is 35.2 Å². The molecule has 30 heavy (non-hydrogen) atoms. The molecule has 2 aromatic heterocycles. The van der Waals surface area contributed by atoms with Crippen molar-refractivity contribution in [1.82, 2.24) is 19.9 Å². The topological polar surface area (TPSA) is 88.5 Å². The molecule has 3 heterocycles. The zero-order valence-corrected chi connectivity index (χ0v) is 16.3. The van der Waals surface area contributed by atoms with Crippen LogP contribution >= 0.6 is 0 Å². The van der Waals surface area contributed by atoms with E-state index in [-0.39, 0.29) is 12.5 Å². The molecule has 0 radical (unpaired) electrons. The summed E-state index contributed by atoms with van der Waals surface area (Å²) in [5.41, 5.74) is 1.62. The Morgan fingerprint density at radius 2 is 1.67 bits per heavy atom. The zero-order chi connectivity index (χ0) is 20.8. The third-order valence-electron chi connectivity index (χ3n) is 4.87. The Kier molecular flexibility index (Phi) is 5.93. The first-order valence-electron chi connectivity index (χ1n) is 9.69. The van der Waals surface area contributed by atoms with Crippen molar-refractivity contribution in [1.29, 1.82) is 0 Å². The molecule has 0 N–H and O–H groups in total. The molecule has 1 aromatic carbocycles. The number of hydrogen-bond acceptors (Lipinski definition) is 7. The smallest absolute Gasteiger partial charge is 0.331 e. The molecule has 3 aromatic rings. The summed E-state index contributed by atoms with van der Waals surface area (Å²) in [6.45, 7) is 2.06. The molecule has 0 unspecified atom stereocenters. The summed E-state index contributed by atoms with van der Waals surface area (Å²) in [5, 5.41) is 0.989. The Hall–Kier alpha value is -3.81. The Bertz CT molecular complexity index is 1060. The van der Waals surface area contributed by atoms with Gasteiger partial charge in [0.1, 0.15) is 0 Å². The number of anilines is 1. The van der Waals surface area contributed by atoms with Crippen LogP contribution < -0.4 is 4.90 Å². The van der Waals surface area contributed by atoms with Crippen molar-refractivity contribution >= 4 is 34.8 Å². The molecule has 1 amide bonds. The molecule has 152 valence electrons. The van der Waals surface area contributed by atoms with Gasteiger partial charge in [0.05, 0.1) is 5.52 Å². The lowest BCUT2D eigenvalue weighted by Gasteiger charge is -2.34. The third kappa shape index (κ3) is 4.60. The van der Waals surface area contributed by atoms with E-state index in [1.165, 1.54) is 6.08 Å². The number of fused-ring (bicyclic) bond motifs is 1. The maximum absolute atomic E-state index is 12.4. The van der Waals surface area contributed by atoms with Gasteiger partial charge in [-0.2, -0.15) is 0 Å². The first-order valence-corrected chi connectivity index (χ1v) is 9.69. The van der Waals surface area contributed by atoms with E-state index in [0.717, 1.165) is 16.5 Å². The number of para-hydroxylation sites is 1. The molecule has 0 spiro atoms. The summed E-state index contributed by atoms with van der Waals surface area (Å²) in [4.78, 5) is 40.9. The van der Waals surface area contributed by atoms with Crippen LogP contribution in [0.25, 0.3) is 17.0 Å². The van der Waals surface area contributed by atoms with Crippen LogP contribution in [0.2, 0.25) is 0 Å². The van der Waals surface area contributed by atoms with Gasteiger partial charge in [-0.3, -0.25) is 9.78 Å². The van der Waals surface area contributed by atoms with Crippen LogP contribution in [0.15, 0.2) is 61.1 Å². The summed E-state index contributed by atoms with van der Waals surface area (Å²) in [7, 11) is 0. The predicted octanol–water partition coefficient (Wildman–Crippen LogP) is 1.93. The molecule has 8 heteroatoms. The second-order valence-electron chi connectivity index (χ2n) is 6.78. The van der Waals surface area contributed by atoms with E-state index in [1.54, 1.807) is 35.6 Å². The minimum Gasteiger partial charge on any atom is -0.452 e. The number of hydrogen-bond donors (Lipinski definition) is 0. The lowest BCUT2D eigenvalue weighted by molar-refractivity contribution is -0.148. The average Bonchev–Trinajstić information content (AvgIpc) is 2.82. The standard InChI is InChI=1S/C22H21N5O3/c28-19(26-12-14-27(15-13-26)22-24-10-3-11-25-22)16-30-20(29)8-7-18-5-1-4-17-6-2-9-23-21(17)18/h1-11H,12-16H2/b8-7+. The number of piperazine rings is 1. The number of carbonyl (C=O) groups excluding carboxylic acids is 2. The largest absolute Gasteiger partial charge is 0.452 e. The molecule has 1 aliphatic heterocycles. The summed E-state index contributed by atoms with van der Waals surface area (Å²) in [6.07, 6.45) is 8.07. The summed E-state index contributed by atoms with van der Waals surface area (Å²) in [6, 6.07) is 11.3. The number of aromatic nitrogens is 3. The molecular formula is C22H21N5O3. The van der Waals surface area contributed by atoms with Crippen LogP contribution in [0.5, 0.6) is 0 Å². The first-order chi connectivity index (χ1) is 14.7. The minimum absolute atomic E-state index is 0.211. The molecular weight excluding hydrogens is 382 g/mol. The summed E-state index contributed by atoms with van der Waals surface area (Å²) in [5.74, 6) is -0.117. The van der Waals surface area contributed by atoms with E-state index in [9.17, 15) is 9.59 Å². The van der Waals surface area contributed by atoms with E-state index in [2.05, 4.69) is 15.0 Å². The number of ether oxygens (including phenoxy) is 1. The van der Waals surface area contributed by atoms with Gasteiger partial charge in [0.25, 0.3) is 5.91 Å². The van der Waals surface area contributed by atoms with E-state index < -0.39 is 5.97 Å². The van der Waals surface area contributed by atoms with Crippen molar-refractivity contribution in [2.45, 2.75) is 0 Å². The normalized spacial score (nSPS) is 14.3. The third-order valence-corrected chi connectivity index (χ3v) is 4.87. The van der Waals surface area contributed by atoms with Crippen LogP contribution in [-0.2, 0) is 14.3 Å². The molecule has 0 saturated carbocycles. The van der Waals surface area contributed by atoms with Crippen molar-refractivity contribution in [2.24, 2.45) is 0 Å². The van der Waals surface area contributed by atoms with E-state index in [0.29, 0.717) is 32.1 Å². The van der Waals surface area contributed by atoms with E-state index in [4.69, 9.17) is 4.74 Å². The Balaban J connectivity index is 1.27. The maximum Gasteiger partial charge on any atom is 0.331 e. The summed E-state index contributed by atoms with van der Waals surface area (Å²) >= 11 is 0. The molecule has 8 nitrogen and oxygen atoms in total. The van der Waals surface area contributed by atoms with Crippen molar-refractivity contribution in [3.05, 3.63) is 66.6 Å². The highest BCUT2D eigenvalue weighted by Gasteiger charge is 2.22. The second kappa shape index (κ2) is 9.13. The highest BCUT2D eigenvalue weighted by atomic mass is 16.5. The van der Waals surface area contributed by atoms with Crippen LogP contribution in [0.1, 0.15) is 5.56 Å². The fourth-order valence-corrected chi connectivity index (χ4v) is 3.30. The lowest BCUT2D eigenvalue weighted by Crippen LogP contribution is -2.50. The molecule has 0 aliphatic carbocycles. The number of pyridine rings is 1. The van der Waals surface area contributed by atoms with Crippen molar-refractivity contribution < 1.29 is 14.3 Å². The van der Waals surface area contributed by atoms with Gasteiger partial charge in [-0.25, -0.2) is 14.8 Å². The molecule has 1 aliphatic rings. The average molecular weight is 403 g/mol. The Morgan fingerprint density at radius 1 is 0.933 bits per heavy atom. The zero-order valence-electron chi connectivity index (χ0n) is 16.3. The van der Waals surface area contributed by atoms with Gasteiger partial charge in [0.2, 0.25) is 5.95 Å². The van der Waals surface area contributed by atoms with Crippen molar-refractivity contribution in [3.8, 4) is 0 Å². The molecule has 0 atom stereocenters. The van der Waals surface area contributed by atoms with Crippen LogP contribution in [0.4, 0.5) is 5.95 Å². The van der Waals surface area contributed by atoms with Crippen molar-refractivity contribution in [2.75, 3.05) is 37.7 Å². The fraction of sp³-hybridized carbons (Fsp3) is 0.227. The van der Waals surface area contributed by atoms with Gasteiger partial charge in [-0.15, -0.1) is 0 Å². The van der Waals surface area contributed by atoms with Gasteiger partial charge in [0, 0.05) is 61.8 Å². The minimum atomic E-state index is -0.562. The molecule has 1 fully saturated rings. The van der Waals surface area contributed by atoms with Crippen LogP contribution in [-0.4, -0.2) is 64.5 Å². The second-order valence-corrected chi connectivity index (χ2v) is 6.78. The van der Waals surface area contributed by atoms with Crippen molar-refractivity contribution in [3.63, 3.8) is 0 Å². The number of esters is 1. The number of rotatable bonds is 5. The summed E-state index contributed by atoms with van der Waals surface area (Å²) < 4.78 is 5.13. The lowest BCUT2D eigenvalue weighted by atomic mass is 10.1. The maximum atomic E-state index is 12.4. The molecule has 0 bridgehead atoms. The number of amides is 1.